The van der Waals surface area contributed by atoms with E-state index in [0.29, 0.717) is 13.1 Å². The summed E-state index contributed by atoms with van der Waals surface area (Å²) in [6, 6.07) is 19.8. The van der Waals surface area contributed by atoms with Crippen molar-refractivity contribution in [3.05, 3.63) is 72.4 Å². The second-order valence-electron chi connectivity index (χ2n) is 8.59. The fourth-order valence-electron chi connectivity index (χ4n) is 4.87. The van der Waals surface area contributed by atoms with Crippen molar-refractivity contribution in [2.24, 2.45) is 5.92 Å². The summed E-state index contributed by atoms with van der Waals surface area (Å²) in [6.45, 7) is 4.33. The van der Waals surface area contributed by atoms with Gasteiger partial charge in [0.15, 0.2) is 0 Å². The van der Waals surface area contributed by atoms with Gasteiger partial charge in [-0.25, -0.2) is 4.98 Å². The van der Waals surface area contributed by atoms with Gasteiger partial charge in [0.05, 0.1) is 0 Å². The Labute approximate surface area is 188 Å². The molecule has 1 aromatic heterocycles. The van der Waals surface area contributed by atoms with E-state index < -0.39 is 0 Å². The number of carbonyl (C=O) groups is 2. The highest BCUT2D eigenvalue weighted by molar-refractivity contribution is 6.07. The molecule has 0 bridgehead atoms. The van der Waals surface area contributed by atoms with Gasteiger partial charge in [0.2, 0.25) is 5.91 Å². The van der Waals surface area contributed by atoms with Gasteiger partial charge < -0.3 is 14.7 Å². The fourth-order valence-corrected chi connectivity index (χ4v) is 4.87. The number of rotatable bonds is 3. The Morgan fingerprint density at radius 1 is 0.750 bits per heavy atom. The van der Waals surface area contributed by atoms with Gasteiger partial charge in [0.1, 0.15) is 5.82 Å². The Bertz CT molecular complexity index is 1100. The molecule has 3 aromatic rings. The van der Waals surface area contributed by atoms with Crippen LogP contribution < -0.4 is 4.90 Å². The molecule has 2 aromatic carbocycles. The van der Waals surface area contributed by atoms with Crippen LogP contribution in [0.1, 0.15) is 23.2 Å². The second kappa shape index (κ2) is 8.99. The molecular weight excluding hydrogens is 400 g/mol. The average Bonchev–Trinajstić information content (AvgIpc) is 2.88. The molecule has 0 saturated carbocycles. The largest absolute Gasteiger partial charge is 0.353 e. The Kier molecular flexibility index (Phi) is 5.75. The SMILES string of the molecule is O=C(c1cccc2ccccc12)N1CCC(C(=O)N2CCN(c3ccccn3)CC2)CC1. The fraction of sp³-hybridized carbons (Fsp3) is 0.346. The maximum atomic E-state index is 13.2. The molecule has 2 saturated heterocycles. The predicted octanol–water partition coefficient (Wildman–Crippen LogP) is 3.44. The van der Waals surface area contributed by atoms with Gasteiger partial charge in [0, 0.05) is 56.9 Å². The number of aromatic nitrogens is 1. The second-order valence-corrected chi connectivity index (χ2v) is 8.59. The molecule has 2 aliphatic heterocycles. The van der Waals surface area contributed by atoms with Crippen LogP contribution in [0.25, 0.3) is 10.8 Å². The summed E-state index contributed by atoms with van der Waals surface area (Å²) in [4.78, 5) is 36.8. The van der Waals surface area contributed by atoms with Gasteiger partial charge in [-0.1, -0.05) is 42.5 Å². The lowest BCUT2D eigenvalue weighted by Gasteiger charge is -2.39. The van der Waals surface area contributed by atoms with Crippen LogP contribution >= 0.6 is 0 Å². The van der Waals surface area contributed by atoms with Crippen LogP contribution in [0.15, 0.2) is 66.9 Å². The Balaban J connectivity index is 1.17. The van der Waals surface area contributed by atoms with Gasteiger partial charge in [-0.3, -0.25) is 9.59 Å². The lowest BCUT2D eigenvalue weighted by atomic mass is 9.94. The third-order valence-electron chi connectivity index (χ3n) is 6.72. The predicted molar refractivity (Wildman–Crippen MR) is 126 cm³/mol. The molecule has 0 aliphatic carbocycles. The first kappa shape index (κ1) is 20.5. The smallest absolute Gasteiger partial charge is 0.254 e. The number of piperazine rings is 1. The number of carbonyl (C=O) groups excluding carboxylic acids is 2. The molecule has 0 atom stereocenters. The minimum atomic E-state index is 0.00738. The summed E-state index contributed by atoms with van der Waals surface area (Å²) >= 11 is 0. The van der Waals surface area contributed by atoms with Crippen LogP contribution in [0, 0.1) is 5.92 Å². The molecule has 0 unspecified atom stereocenters. The number of hydrogen-bond donors (Lipinski definition) is 0. The van der Waals surface area contributed by atoms with Gasteiger partial charge in [-0.05, 0) is 41.8 Å². The van der Waals surface area contributed by atoms with Crippen molar-refractivity contribution < 1.29 is 9.59 Å². The van der Waals surface area contributed by atoms with Crippen molar-refractivity contribution in [1.29, 1.82) is 0 Å². The normalized spacial score (nSPS) is 17.6. The van der Waals surface area contributed by atoms with Crippen molar-refractivity contribution in [3.63, 3.8) is 0 Å². The molecule has 6 nitrogen and oxygen atoms in total. The van der Waals surface area contributed by atoms with Crippen LogP contribution in [-0.4, -0.2) is 65.9 Å². The zero-order valence-corrected chi connectivity index (χ0v) is 18.2. The number of piperidine rings is 1. The average molecular weight is 429 g/mol. The lowest BCUT2D eigenvalue weighted by Crippen LogP contribution is -2.52. The first-order chi connectivity index (χ1) is 15.7. The van der Waals surface area contributed by atoms with Crippen molar-refractivity contribution in [2.45, 2.75) is 12.8 Å². The molecule has 3 heterocycles. The van der Waals surface area contributed by atoms with Crippen molar-refractivity contribution in [1.82, 2.24) is 14.8 Å². The molecule has 2 aliphatic rings. The Morgan fingerprint density at radius 2 is 1.47 bits per heavy atom. The van der Waals surface area contributed by atoms with E-state index in [1.807, 2.05) is 70.5 Å². The number of anilines is 1. The minimum Gasteiger partial charge on any atom is -0.353 e. The molecular formula is C26H28N4O2. The standard InChI is InChI=1S/C26H28N4O2/c31-25(30-18-16-28(17-19-30)24-10-3-4-13-27-24)21-11-14-29(15-12-21)26(32)23-9-5-7-20-6-1-2-8-22(20)23/h1-10,13,21H,11-12,14-19H2. The summed E-state index contributed by atoms with van der Waals surface area (Å²) in [7, 11) is 0. The third kappa shape index (κ3) is 4.05. The van der Waals surface area contributed by atoms with E-state index in [1.165, 1.54) is 0 Å². The molecule has 2 fully saturated rings. The van der Waals surface area contributed by atoms with Gasteiger partial charge >= 0.3 is 0 Å². The number of nitrogens with zero attached hydrogens (tertiary/aromatic N) is 4. The van der Waals surface area contributed by atoms with Crippen molar-refractivity contribution in [2.75, 3.05) is 44.2 Å². The highest BCUT2D eigenvalue weighted by Crippen LogP contribution is 2.25. The zero-order chi connectivity index (χ0) is 21.9. The maximum absolute atomic E-state index is 13.2. The molecule has 0 N–H and O–H groups in total. The van der Waals surface area contributed by atoms with Gasteiger partial charge in [0.25, 0.3) is 5.91 Å². The lowest BCUT2D eigenvalue weighted by molar-refractivity contribution is -0.137. The van der Waals surface area contributed by atoms with Crippen LogP contribution in [0.5, 0.6) is 0 Å². The summed E-state index contributed by atoms with van der Waals surface area (Å²) in [6.07, 6.45) is 3.27. The Morgan fingerprint density at radius 3 is 2.22 bits per heavy atom. The number of hydrogen-bond acceptors (Lipinski definition) is 4. The molecule has 6 heteroatoms. The number of fused-ring (bicyclic) bond motifs is 1. The summed E-state index contributed by atoms with van der Waals surface area (Å²) in [5, 5.41) is 2.07. The molecule has 5 rings (SSSR count). The molecule has 0 radical (unpaired) electrons. The molecule has 164 valence electrons. The number of pyridine rings is 1. The van der Waals surface area contributed by atoms with Crippen LogP contribution in [0.4, 0.5) is 5.82 Å². The van der Waals surface area contributed by atoms with E-state index in [-0.39, 0.29) is 17.7 Å². The van der Waals surface area contributed by atoms with Crippen LogP contribution in [0.2, 0.25) is 0 Å². The van der Waals surface area contributed by atoms with E-state index in [4.69, 9.17) is 0 Å². The monoisotopic (exact) mass is 428 g/mol. The quantitative estimate of drug-likeness (QED) is 0.641. The minimum absolute atomic E-state index is 0.00738. The topological polar surface area (TPSA) is 56.8 Å². The maximum Gasteiger partial charge on any atom is 0.254 e. The van der Waals surface area contributed by atoms with Crippen molar-refractivity contribution in [3.8, 4) is 0 Å². The summed E-state index contributed by atoms with van der Waals surface area (Å²) in [5.74, 6) is 1.28. The van der Waals surface area contributed by atoms with E-state index >= 15 is 0 Å². The van der Waals surface area contributed by atoms with Gasteiger partial charge in [-0.2, -0.15) is 0 Å². The Hall–Kier alpha value is -3.41. The molecule has 32 heavy (non-hydrogen) atoms. The van der Waals surface area contributed by atoms with Gasteiger partial charge in [-0.15, -0.1) is 0 Å². The molecule has 0 spiro atoms. The van der Waals surface area contributed by atoms with Crippen LogP contribution in [0.3, 0.4) is 0 Å². The first-order valence-electron chi connectivity index (χ1n) is 11.4. The molecule has 2 amide bonds. The number of amides is 2. The summed E-state index contributed by atoms with van der Waals surface area (Å²) < 4.78 is 0. The van der Waals surface area contributed by atoms with Crippen molar-refractivity contribution >= 4 is 28.4 Å². The van der Waals surface area contributed by atoms with E-state index in [0.717, 1.165) is 61.2 Å². The summed E-state index contributed by atoms with van der Waals surface area (Å²) in [5.41, 5.74) is 0.749. The number of likely N-dealkylation sites (tertiary alicyclic amines) is 1. The van der Waals surface area contributed by atoms with E-state index in [1.54, 1.807) is 6.20 Å². The first-order valence-corrected chi connectivity index (χ1v) is 11.4. The number of benzene rings is 2. The highest BCUT2D eigenvalue weighted by atomic mass is 16.2. The third-order valence-corrected chi connectivity index (χ3v) is 6.72. The van der Waals surface area contributed by atoms with Crippen LogP contribution in [-0.2, 0) is 4.79 Å². The van der Waals surface area contributed by atoms with E-state index in [2.05, 4.69) is 9.88 Å². The zero-order valence-electron chi connectivity index (χ0n) is 18.2. The highest BCUT2D eigenvalue weighted by Gasteiger charge is 2.32. The van der Waals surface area contributed by atoms with E-state index in [9.17, 15) is 9.59 Å².